The molecule has 5 N–H and O–H groups in total. The minimum Gasteiger partial charge on any atom is -0.444 e. The molecule has 0 bridgehead atoms. The molecular formula is C25H35N5O4. The lowest BCUT2D eigenvalue weighted by atomic mass is 10.0. The molecular weight excluding hydrogens is 434 g/mol. The first-order valence-electron chi connectivity index (χ1n) is 11.3. The molecule has 1 aromatic heterocycles. The number of pyridine rings is 1. The third-order valence-corrected chi connectivity index (χ3v) is 4.99. The third-order valence-electron chi connectivity index (χ3n) is 4.99. The van der Waals surface area contributed by atoms with Gasteiger partial charge < -0.3 is 26.4 Å². The van der Waals surface area contributed by atoms with Gasteiger partial charge in [-0.2, -0.15) is 0 Å². The van der Waals surface area contributed by atoms with Crippen molar-refractivity contribution in [2.24, 2.45) is 0 Å². The van der Waals surface area contributed by atoms with Crippen molar-refractivity contribution >= 4 is 23.7 Å². The van der Waals surface area contributed by atoms with E-state index in [1.807, 2.05) is 37.3 Å². The van der Waals surface area contributed by atoms with Crippen molar-refractivity contribution in [2.75, 3.05) is 5.73 Å². The highest BCUT2D eigenvalue weighted by Crippen LogP contribution is 2.10. The Labute approximate surface area is 200 Å². The average Bonchev–Trinajstić information content (AvgIpc) is 2.75. The molecule has 0 unspecified atom stereocenters. The lowest BCUT2D eigenvalue weighted by Gasteiger charge is -2.24. The van der Waals surface area contributed by atoms with E-state index in [-0.39, 0.29) is 12.5 Å². The molecule has 2 atom stereocenters. The quantitative estimate of drug-likeness (QED) is 0.446. The maximum atomic E-state index is 13.0. The van der Waals surface area contributed by atoms with Gasteiger partial charge >= 0.3 is 6.09 Å². The van der Waals surface area contributed by atoms with Gasteiger partial charge in [0.2, 0.25) is 11.8 Å². The summed E-state index contributed by atoms with van der Waals surface area (Å²) in [5.41, 5.74) is 7.54. The summed E-state index contributed by atoms with van der Waals surface area (Å²) in [4.78, 5) is 42.0. The van der Waals surface area contributed by atoms with Gasteiger partial charge in [0.15, 0.2) is 0 Å². The number of nitrogens with two attached hydrogens (primary N) is 1. The van der Waals surface area contributed by atoms with Gasteiger partial charge in [0.25, 0.3) is 0 Å². The van der Waals surface area contributed by atoms with E-state index in [1.54, 1.807) is 39.8 Å². The highest BCUT2D eigenvalue weighted by Gasteiger charge is 2.26. The number of ether oxygens (including phenoxy) is 1. The normalized spacial score (nSPS) is 12.9. The monoisotopic (exact) mass is 469 g/mol. The number of nitrogen functional groups attached to an aromatic ring is 1. The lowest BCUT2D eigenvalue weighted by Crippen LogP contribution is -2.53. The van der Waals surface area contributed by atoms with Crippen molar-refractivity contribution in [1.29, 1.82) is 0 Å². The summed E-state index contributed by atoms with van der Waals surface area (Å²) in [7, 11) is 0. The predicted octanol–water partition coefficient (Wildman–Crippen LogP) is 2.62. The molecule has 0 saturated heterocycles. The van der Waals surface area contributed by atoms with E-state index in [4.69, 9.17) is 10.5 Å². The molecule has 2 aromatic rings. The first kappa shape index (κ1) is 26.6. The van der Waals surface area contributed by atoms with Crippen LogP contribution in [0.2, 0.25) is 0 Å². The fourth-order valence-corrected chi connectivity index (χ4v) is 3.19. The maximum Gasteiger partial charge on any atom is 0.408 e. The van der Waals surface area contributed by atoms with Crippen LogP contribution in [0, 0.1) is 6.92 Å². The van der Waals surface area contributed by atoms with Crippen LogP contribution in [0.5, 0.6) is 0 Å². The van der Waals surface area contributed by atoms with Gasteiger partial charge in [0.1, 0.15) is 23.5 Å². The van der Waals surface area contributed by atoms with Crippen LogP contribution < -0.4 is 21.7 Å². The van der Waals surface area contributed by atoms with Gasteiger partial charge in [-0.15, -0.1) is 0 Å². The molecule has 9 nitrogen and oxygen atoms in total. The first-order valence-corrected chi connectivity index (χ1v) is 11.3. The Kier molecular flexibility index (Phi) is 9.41. The van der Waals surface area contributed by atoms with Gasteiger partial charge in [0, 0.05) is 12.2 Å². The number of nitrogens with zero attached hydrogens (tertiary/aromatic N) is 1. The second kappa shape index (κ2) is 12.0. The summed E-state index contributed by atoms with van der Waals surface area (Å²) >= 11 is 0. The van der Waals surface area contributed by atoms with Crippen molar-refractivity contribution in [3.05, 3.63) is 59.3 Å². The van der Waals surface area contributed by atoms with Gasteiger partial charge in [-0.25, -0.2) is 9.78 Å². The number of carbonyl (C=O) groups is 3. The van der Waals surface area contributed by atoms with E-state index in [9.17, 15) is 14.4 Å². The number of aromatic nitrogens is 1. The molecule has 0 aliphatic rings. The van der Waals surface area contributed by atoms with Crippen LogP contribution >= 0.6 is 0 Å². The minimum absolute atomic E-state index is 0.256. The van der Waals surface area contributed by atoms with Crippen LogP contribution in [0.1, 0.15) is 50.9 Å². The molecule has 3 amide bonds. The number of benzene rings is 1. The second-order valence-corrected chi connectivity index (χ2v) is 9.15. The van der Waals surface area contributed by atoms with Crippen molar-refractivity contribution in [3.8, 4) is 0 Å². The largest absolute Gasteiger partial charge is 0.444 e. The molecule has 0 aliphatic carbocycles. The number of alkyl carbamates (subject to hydrolysis) is 1. The number of hydrogen-bond donors (Lipinski definition) is 4. The molecule has 0 saturated carbocycles. The van der Waals surface area contributed by atoms with Gasteiger partial charge in [-0.1, -0.05) is 36.4 Å². The van der Waals surface area contributed by atoms with Gasteiger partial charge in [-0.05, 0) is 64.7 Å². The Bertz CT molecular complexity index is 989. The smallest absolute Gasteiger partial charge is 0.408 e. The van der Waals surface area contributed by atoms with E-state index in [1.165, 1.54) is 0 Å². The van der Waals surface area contributed by atoms with Crippen LogP contribution in [0.4, 0.5) is 10.6 Å². The number of anilines is 1. The first-order chi connectivity index (χ1) is 15.9. The summed E-state index contributed by atoms with van der Waals surface area (Å²) in [6.07, 6.45) is 0.225. The Morgan fingerprint density at radius 1 is 1.03 bits per heavy atom. The summed E-state index contributed by atoms with van der Waals surface area (Å²) < 4.78 is 5.31. The predicted molar refractivity (Wildman–Crippen MR) is 131 cm³/mol. The topological polar surface area (TPSA) is 135 Å². The molecule has 0 radical (unpaired) electrons. The fraction of sp³-hybridized carbons (Fsp3) is 0.440. The van der Waals surface area contributed by atoms with Gasteiger partial charge in [-0.3, -0.25) is 9.59 Å². The van der Waals surface area contributed by atoms with Crippen molar-refractivity contribution < 1.29 is 19.1 Å². The molecule has 0 spiro atoms. The Hall–Kier alpha value is -3.62. The number of rotatable bonds is 9. The highest BCUT2D eigenvalue weighted by molar-refractivity contribution is 5.91. The van der Waals surface area contributed by atoms with Gasteiger partial charge in [0.05, 0.1) is 0 Å². The number of carbonyl (C=O) groups excluding carboxylic acids is 3. The summed E-state index contributed by atoms with van der Waals surface area (Å²) in [6.45, 7) is 8.89. The minimum atomic E-state index is -0.867. The van der Waals surface area contributed by atoms with Crippen LogP contribution in [0.15, 0.2) is 42.5 Å². The van der Waals surface area contributed by atoms with Crippen LogP contribution in [0.3, 0.4) is 0 Å². The maximum absolute atomic E-state index is 13.0. The molecule has 0 fully saturated rings. The van der Waals surface area contributed by atoms with Crippen molar-refractivity contribution in [1.82, 2.24) is 20.9 Å². The molecule has 1 heterocycles. The summed E-state index contributed by atoms with van der Waals surface area (Å²) in [5, 5.41) is 8.11. The van der Waals surface area contributed by atoms with Crippen LogP contribution in [-0.2, 0) is 27.3 Å². The zero-order valence-corrected chi connectivity index (χ0v) is 20.5. The average molecular weight is 470 g/mol. The highest BCUT2D eigenvalue weighted by atomic mass is 16.6. The molecule has 184 valence electrons. The van der Waals surface area contributed by atoms with Crippen LogP contribution in [0.25, 0.3) is 0 Å². The van der Waals surface area contributed by atoms with Crippen LogP contribution in [-0.4, -0.2) is 40.6 Å². The SMILES string of the molecule is Cc1nc(N)ccc1CNC(=O)[C@H](C)NC(=O)[C@@H](CCc1ccccc1)NC(=O)OC(C)(C)C. The zero-order chi connectivity index (χ0) is 25.3. The van der Waals surface area contributed by atoms with E-state index in [2.05, 4.69) is 20.9 Å². The Morgan fingerprint density at radius 3 is 2.32 bits per heavy atom. The third kappa shape index (κ3) is 9.09. The van der Waals surface area contributed by atoms with E-state index in [0.29, 0.717) is 18.7 Å². The zero-order valence-electron chi connectivity index (χ0n) is 20.5. The van der Waals surface area contributed by atoms with Crippen molar-refractivity contribution in [3.63, 3.8) is 0 Å². The van der Waals surface area contributed by atoms with E-state index in [0.717, 1.165) is 16.8 Å². The van der Waals surface area contributed by atoms with Crippen molar-refractivity contribution in [2.45, 2.75) is 71.7 Å². The summed E-state index contributed by atoms with van der Waals surface area (Å²) in [5.74, 6) is -0.411. The standard InChI is InChI=1S/C25H35N5O4/c1-16-19(12-14-21(26)28-16)15-27-22(31)17(2)29-23(32)20(30-24(33)34-25(3,4)5)13-11-18-9-7-6-8-10-18/h6-10,12,14,17,20H,11,13,15H2,1-5H3,(H2,26,28)(H,27,31)(H,29,32)(H,30,33)/t17-,20+/m0/s1. The molecule has 9 heteroatoms. The second-order valence-electron chi connectivity index (χ2n) is 9.15. The number of amides is 3. The Balaban J connectivity index is 1.98. The molecule has 1 aromatic carbocycles. The lowest BCUT2D eigenvalue weighted by molar-refractivity contribution is -0.129. The Morgan fingerprint density at radius 2 is 1.71 bits per heavy atom. The van der Waals surface area contributed by atoms with E-state index < -0.39 is 29.7 Å². The molecule has 34 heavy (non-hydrogen) atoms. The number of aryl methyl sites for hydroxylation is 2. The number of nitrogens with one attached hydrogen (secondary N) is 3. The molecule has 2 rings (SSSR count). The number of hydrogen-bond acceptors (Lipinski definition) is 6. The van der Waals surface area contributed by atoms with E-state index >= 15 is 0 Å². The summed E-state index contributed by atoms with van der Waals surface area (Å²) in [6, 6.07) is 11.4. The fourth-order valence-electron chi connectivity index (χ4n) is 3.19. The molecule has 0 aliphatic heterocycles.